The largest absolute Gasteiger partial charge is 0.325 e. The minimum Gasteiger partial charge on any atom is -0.325 e. The number of anilines is 1. The Bertz CT molecular complexity index is 375. The van der Waals surface area contributed by atoms with Crippen LogP contribution in [0.5, 0.6) is 5.75 Å². The summed E-state index contributed by atoms with van der Waals surface area (Å²) in [5.41, 5.74) is 0.640. The molecule has 0 aliphatic carbocycles. The van der Waals surface area contributed by atoms with Gasteiger partial charge in [0.2, 0.25) is 0 Å². The summed E-state index contributed by atoms with van der Waals surface area (Å²) in [5.74, 6) is 0.126. The number of benzene rings is 1. The molecule has 0 spiro atoms. The number of nitrogens with one attached hydrogen (secondary N) is 1. The van der Waals surface area contributed by atoms with E-state index in [1.54, 1.807) is 17.0 Å². The van der Waals surface area contributed by atoms with E-state index in [0.29, 0.717) is 5.69 Å². The maximum absolute atomic E-state index is 11.8. The molecule has 1 fully saturated rings. The third-order valence-electron chi connectivity index (χ3n) is 2.84. The SMILES string of the molecule is O=C(Nc1ccc(OF)cc1)N1CCCCC1. The first-order valence-electron chi connectivity index (χ1n) is 5.74. The number of amides is 2. The molecule has 2 rings (SSSR count). The fourth-order valence-electron chi connectivity index (χ4n) is 1.89. The predicted molar refractivity (Wildman–Crippen MR) is 62.6 cm³/mol. The predicted octanol–water partition coefficient (Wildman–Crippen LogP) is 2.97. The molecule has 2 amide bonds. The van der Waals surface area contributed by atoms with Crippen molar-refractivity contribution in [3.8, 4) is 5.75 Å². The van der Waals surface area contributed by atoms with Crippen molar-refractivity contribution in [3.05, 3.63) is 24.3 Å². The molecule has 0 aromatic heterocycles. The quantitative estimate of drug-likeness (QED) is 0.860. The number of carbonyl (C=O) groups excluding carboxylic acids is 1. The topological polar surface area (TPSA) is 41.6 Å². The molecule has 0 saturated carbocycles. The van der Waals surface area contributed by atoms with Crippen molar-refractivity contribution in [2.45, 2.75) is 19.3 Å². The molecule has 1 aliphatic rings. The number of halogens is 1. The second kappa shape index (κ2) is 5.52. The summed E-state index contributed by atoms with van der Waals surface area (Å²) in [6, 6.07) is 6.05. The number of rotatable bonds is 2. The summed E-state index contributed by atoms with van der Waals surface area (Å²) >= 11 is 0. The minimum absolute atomic E-state index is 0.0985. The zero-order valence-electron chi connectivity index (χ0n) is 9.49. The maximum atomic E-state index is 11.8. The van der Waals surface area contributed by atoms with Crippen molar-refractivity contribution in [1.82, 2.24) is 4.90 Å². The van der Waals surface area contributed by atoms with Gasteiger partial charge in [-0.15, -0.1) is 0 Å². The lowest BCUT2D eigenvalue weighted by molar-refractivity contribution is -0.00618. The van der Waals surface area contributed by atoms with E-state index >= 15 is 0 Å². The average molecular weight is 238 g/mol. The van der Waals surface area contributed by atoms with E-state index in [9.17, 15) is 9.32 Å². The Morgan fingerprint density at radius 2 is 1.82 bits per heavy atom. The minimum atomic E-state index is -0.0985. The standard InChI is InChI=1S/C12H15FN2O2/c13-17-11-6-4-10(5-7-11)14-12(16)15-8-2-1-3-9-15/h4-7H,1-3,8-9H2,(H,14,16). The van der Waals surface area contributed by atoms with Crippen LogP contribution >= 0.6 is 0 Å². The highest BCUT2D eigenvalue weighted by Gasteiger charge is 2.16. The van der Waals surface area contributed by atoms with Crippen molar-refractivity contribution in [2.75, 3.05) is 18.4 Å². The molecule has 0 radical (unpaired) electrons. The second-order valence-corrected chi connectivity index (χ2v) is 4.08. The van der Waals surface area contributed by atoms with Crippen LogP contribution in [0.25, 0.3) is 0 Å². The lowest BCUT2D eigenvalue weighted by Crippen LogP contribution is -2.38. The van der Waals surface area contributed by atoms with Crippen molar-refractivity contribution in [3.63, 3.8) is 0 Å². The van der Waals surface area contributed by atoms with Crippen LogP contribution in [0.4, 0.5) is 15.0 Å². The molecule has 1 N–H and O–H groups in total. The van der Waals surface area contributed by atoms with Gasteiger partial charge < -0.3 is 10.2 Å². The van der Waals surface area contributed by atoms with E-state index in [2.05, 4.69) is 10.3 Å². The number of hydrogen-bond acceptors (Lipinski definition) is 2. The van der Waals surface area contributed by atoms with Crippen molar-refractivity contribution < 1.29 is 14.3 Å². The van der Waals surface area contributed by atoms with Gasteiger partial charge in [0.25, 0.3) is 0 Å². The number of nitrogens with zero attached hydrogens (tertiary/aromatic N) is 1. The Morgan fingerprint density at radius 1 is 1.18 bits per heavy atom. The molecule has 1 aliphatic heterocycles. The zero-order chi connectivity index (χ0) is 12.1. The first-order valence-corrected chi connectivity index (χ1v) is 5.74. The summed E-state index contributed by atoms with van der Waals surface area (Å²) in [4.78, 5) is 17.2. The van der Waals surface area contributed by atoms with Gasteiger partial charge >= 0.3 is 6.03 Å². The number of carbonyl (C=O) groups is 1. The molecule has 17 heavy (non-hydrogen) atoms. The molecule has 1 heterocycles. The van der Waals surface area contributed by atoms with Crippen LogP contribution in [0.2, 0.25) is 0 Å². The summed E-state index contributed by atoms with van der Waals surface area (Å²) in [7, 11) is 0. The number of likely N-dealkylation sites (tertiary alicyclic amines) is 1. The highest BCUT2D eigenvalue weighted by atomic mass is 19.3. The fraction of sp³-hybridized carbons (Fsp3) is 0.417. The molecular weight excluding hydrogens is 223 g/mol. The summed E-state index contributed by atoms with van der Waals surface area (Å²) in [5, 5.41) is 2.77. The molecule has 1 aromatic rings. The molecule has 1 saturated heterocycles. The van der Waals surface area contributed by atoms with Crippen molar-refractivity contribution >= 4 is 11.7 Å². The monoisotopic (exact) mass is 238 g/mol. The lowest BCUT2D eigenvalue weighted by Gasteiger charge is -2.26. The van der Waals surface area contributed by atoms with Crippen LogP contribution in [0.15, 0.2) is 24.3 Å². The van der Waals surface area contributed by atoms with Gasteiger partial charge in [-0.1, -0.05) is 0 Å². The molecule has 0 unspecified atom stereocenters. The number of hydrogen-bond donors (Lipinski definition) is 1. The number of piperidine rings is 1. The maximum Gasteiger partial charge on any atom is 0.321 e. The summed E-state index contributed by atoms with van der Waals surface area (Å²) < 4.78 is 11.8. The molecule has 5 heteroatoms. The molecule has 92 valence electrons. The highest BCUT2D eigenvalue weighted by Crippen LogP contribution is 2.17. The van der Waals surface area contributed by atoms with E-state index < -0.39 is 0 Å². The second-order valence-electron chi connectivity index (χ2n) is 4.08. The lowest BCUT2D eigenvalue weighted by atomic mass is 10.1. The first kappa shape index (κ1) is 11.7. The van der Waals surface area contributed by atoms with E-state index in [-0.39, 0.29) is 11.8 Å². The Kier molecular flexibility index (Phi) is 3.80. The Morgan fingerprint density at radius 3 is 2.41 bits per heavy atom. The summed E-state index contributed by atoms with van der Waals surface area (Å²) in [6.07, 6.45) is 3.30. The van der Waals surface area contributed by atoms with E-state index in [4.69, 9.17) is 0 Å². The van der Waals surface area contributed by atoms with Gasteiger partial charge in [-0.2, -0.15) is 0 Å². The molecule has 1 aromatic carbocycles. The van der Waals surface area contributed by atoms with Crippen molar-refractivity contribution in [2.24, 2.45) is 0 Å². The number of urea groups is 1. The Labute approximate surface area is 99.3 Å². The van der Waals surface area contributed by atoms with Crippen LogP contribution in [0.3, 0.4) is 0 Å². The summed E-state index contributed by atoms with van der Waals surface area (Å²) in [6.45, 7) is 1.61. The van der Waals surface area contributed by atoms with Crippen molar-refractivity contribution in [1.29, 1.82) is 0 Å². The smallest absolute Gasteiger partial charge is 0.321 e. The Hall–Kier alpha value is -1.78. The fourth-order valence-corrected chi connectivity index (χ4v) is 1.89. The zero-order valence-corrected chi connectivity index (χ0v) is 9.49. The molecule has 4 nitrogen and oxygen atoms in total. The van der Waals surface area contributed by atoms with Gasteiger partial charge in [0.15, 0.2) is 5.75 Å². The van der Waals surface area contributed by atoms with Gasteiger partial charge in [0, 0.05) is 23.3 Å². The molecule has 0 atom stereocenters. The first-order chi connectivity index (χ1) is 8.29. The van der Waals surface area contributed by atoms with Gasteiger partial charge in [-0.3, -0.25) is 4.94 Å². The Balaban J connectivity index is 1.92. The molecular formula is C12H15FN2O2. The van der Waals surface area contributed by atoms with Gasteiger partial charge in [-0.05, 0) is 43.5 Å². The van der Waals surface area contributed by atoms with Crippen LogP contribution < -0.4 is 10.3 Å². The molecule has 0 bridgehead atoms. The van der Waals surface area contributed by atoms with E-state index in [0.717, 1.165) is 25.9 Å². The van der Waals surface area contributed by atoms with E-state index in [1.807, 2.05) is 0 Å². The van der Waals surface area contributed by atoms with Crippen LogP contribution in [0, 0.1) is 0 Å². The van der Waals surface area contributed by atoms with Crippen LogP contribution in [0.1, 0.15) is 19.3 Å². The third kappa shape index (κ3) is 3.09. The van der Waals surface area contributed by atoms with Gasteiger partial charge in [0.1, 0.15) is 0 Å². The third-order valence-corrected chi connectivity index (χ3v) is 2.84. The van der Waals surface area contributed by atoms with E-state index in [1.165, 1.54) is 18.6 Å². The van der Waals surface area contributed by atoms with Gasteiger partial charge in [0.05, 0.1) is 0 Å². The average Bonchev–Trinajstić information content (AvgIpc) is 2.40. The normalized spacial score (nSPS) is 15.5. The van der Waals surface area contributed by atoms with Crippen LogP contribution in [-0.4, -0.2) is 24.0 Å². The van der Waals surface area contributed by atoms with Crippen LogP contribution in [-0.2, 0) is 0 Å². The van der Waals surface area contributed by atoms with Gasteiger partial charge in [-0.25, -0.2) is 4.79 Å². The highest BCUT2D eigenvalue weighted by molar-refractivity contribution is 5.89.